The highest BCUT2D eigenvalue weighted by atomic mass is 35.5. The number of rotatable bonds is 7. The zero-order valence-corrected chi connectivity index (χ0v) is 29.8. The van der Waals surface area contributed by atoms with Gasteiger partial charge in [-0.2, -0.15) is 0 Å². The zero-order valence-electron chi connectivity index (χ0n) is 28.3. The van der Waals surface area contributed by atoms with E-state index in [1.807, 2.05) is 109 Å². The summed E-state index contributed by atoms with van der Waals surface area (Å²) in [4.78, 5) is 37.7. The maximum absolute atomic E-state index is 14.1. The quantitative estimate of drug-likeness (QED) is 0.174. The molecule has 6 aromatic rings. The van der Waals surface area contributed by atoms with E-state index in [2.05, 4.69) is 31.4 Å². The van der Waals surface area contributed by atoms with Gasteiger partial charge in [0.15, 0.2) is 0 Å². The number of pyridine rings is 2. The molecule has 2 heterocycles. The summed E-state index contributed by atoms with van der Waals surface area (Å²) in [5, 5.41) is 9.35. The molecule has 2 aromatic heterocycles. The van der Waals surface area contributed by atoms with Gasteiger partial charge in [0.25, 0.3) is 11.8 Å². The molecule has 50 heavy (non-hydrogen) atoms. The SMILES string of the molecule is CC1(C)C[C@@H](NC(=O)c2cc(-c3ccccc3Cl)nc3ccccc23)C[C@](C)(CNC(=O)c2cc(-c3ccccc3Cl)nc3ccccc23)C1. The number of halogens is 2. The first kappa shape index (κ1) is 33.7. The van der Waals surface area contributed by atoms with E-state index in [0.717, 1.165) is 45.8 Å². The third-order valence-electron chi connectivity index (χ3n) is 9.68. The summed E-state index contributed by atoms with van der Waals surface area (Å²) in [6.45, 7) is 7.11. The first-order valence-corrected chi connectivity index (χ1v) is 17.6. The second-order valence-corrected chi connectivity index (χ2v) is 15.3. The van der Waals surface area contributed by atoms with Crippen molar-refractivity contribution in [3.8, 4) is 22.5 Å². The van der Waals surface area contributed by atoms with Crippen LogP contribution in [0.15, 0.2) is 109 Å². The van der Waals surface area contributed by atoms with Crippen molar-refractivity contribution in [1.29, 1.82) is 0 Å². The van der Waals surface area contributed by atoms with E-state index in [0.29, 0.717) is 45.5 Å². The van der Waals surface area contributed by atoms with Crippen LogP contribution in [0.25, 0.3) is 44.3 Å². The Kier molecular flexibility index (Phi) is 9.10. The van der Waals surface area contributed by atoms with Crippen LogP contribution in [-0.4, -0.2) is 34.4 Å². The predicted molar refractivity (Wildman–Crippen MR) is 204 cm³/mol. The number of para-hydroxylation sites is 2. The summed E-state index contributed by atoms with van der Waals surface area (Å²) >= 11 is 13.1. The highest BCUT2D eigenvalue weighted by Gasteiger charge is 2.42. The van der Waals surface area contributed by atoms with E-state index in [1.54, 1.807) is 0 Å². The highest BCUT2D eigenvalue weighted by molar-refractivity contribution is 6.33. The Morgan fingerprint density at radius 1 is 0.680 bits per heavy atom. The molecule has 8 heteroatoms. The molecule has 0 bridgehead atoms. The molecule has 7 rings (SSSR count). The molecule has 0 saturated heterocycles. The first-order valence-electron chi connectivity index (χ1n) is 16.9. The Morgan fingerprint density at radius 3 is 1.70 bits per heavy atom. The van der Waals surface area contributed by atoms with Gasteiger partial charge in [-0.1, -0.05) is 117 Å². The van der Waals surface area contributed by atoms with Crippen LogP contribution in [0.2, 0.25) is 10.0 Å². The van der Waals surface area contributed by atoms with Gasteiger partial charge < -0.3 is 10.6 Å². The molecule has 2 N–H and O–H groups in total. The lowest BCUT2D eigenvalue weighted by molar-refractivity contribution is 0.0593. The minimum atomic E-state index is -0.271. The molecule has 1 fully saturated rings. The van der Waals surface area contributed by atoms with Gasteiger partial charge in [0, 0.05) is 44.5 Å². The Morgan fingerprint density at radius 2 is 1.16 bits per heavy atom. The third kappa shape index (κ3) is 6.96. The van der Waals surface area contributed by atoms with Gasteiger partial charge in [0.2, 0.25) is 0 Å². The average Bonchev–Trinajstić information content (AvgIpc) is 3.09. The van der Waals surface area contributed by atoms with Crippen molar-refractivity contribution >= 4 is 56.8 Å². The molecule has 0 spiro atoms. The minimum absolute atomic E-state index is 0.0701. The lowest BCUT2D eigenvalue weighted by Gasteiger charge is -2.47. The summed E-state index contributed by atoms with van der Waals surface area (Å²) < 4.78 is 0. The maximum atomic E-state index is 14.1. The number of fused-ring (bicyclic) bond motifs is 2. The van der Waals surface area contributed by atoms with Crippen molar-refractivity contribution in [3.05, 3.63) is 130 Å². The number of hydrogen-bond donors (Lipinski definition) is 2. The Balaban J connectivity index is 1.13. The fourth-order valence-electron chi connectivity index (χ4n) is 7.86. The lowest BCUT2D eigenvalue weighted by Crippen LogP contribution is -2.50. The molecule has 0 radical (unpaired) electrons. The van der Waals surface area contributed by atoms with Crippen LogP contribution in [0.4, 0.5) is 0 Å². The number of carbonyl (C=O) groups excluding carboxylic acids is 2. The van der Waals surface area contributed by atoms with Crippen LogP contribution in [0.1, 0.15) is 60.7 Å². The van der Waals surface area contributed by atoms with Gasteiger partial charge in [0.1, 0.15) is 0 Å². The van der Waals surface area contributed by atoms with E-state index in [1.165, 1.54) is 0 Å². The number of nitrogens with zero attached hydrogens (tertiary/aromatic N) is 2. The van der Waals surface area contributed by atoms with Crippen LogP contribution in [0.5, 0.6) is 0 Å². The van der Waals surface area contributed by atoms with Gasteiger partial charge in [-0.25, -0.2) is 9.97 Å². The van der Waals surface area contributed by atoms with Crippen LogP contribution in [0, 0.1) is 10.8 Å². The number of aromatic nitrogens is 2. The lowest BCUT2D eigenvalue weighted by atomic mass is 9.62. The summed E-state index contributed by atoms with van der Waals surface area (Å²) in [6, 6.07) is 34.0. The maximum Gasteiger partial charge on any atom is 0.252 e. The summed E-state index contributed by atoms with van der Waals surface area (Å²) in [7, 11) is 0. The molecule has 0 aliphatic heterocycles. The summed E-state index contributed by atoms with van der Waals surface area (Å²) in [5.74, 6) is -0.321. The molecule has 1 saturated carbocycles. The molecule has 1 aliphatic rings. The van der Waals surface area contributed by atoms with E-state index in [-0.39, 0.29) is 28.7 Å². The van der Waals surface area contributed by atoms with E-state index < -0.39 is 0 Å². The van der Waals surface area contributed by atoms with Crippen molar-refractivity contribution in [1.82, 2.24) is 20.6 Å². The number of carbonyl (C=O) groups is 2. The van der Waals surface area contributed by atoms with E-state index in [9.17, 15) is 9.59 Å². The summed E-state index contributed by atoms with van der Waals surface area (Å²) in [6.07, 6.45) is 2.42. The molecule has 2 amide bonds. The van der Waals surface area contributed by atoms with Gasteiger partial charge in [-0.15, -0.1) is 0 Å². The topological polar surface area (TPSA) is 84.0 Å². The monoisotopic (exact) mass is 700 g/mol. The van der Waals surface area contributed by atoms with Crippen molar-refractivity contribution in [3.63, 3.8) is 0 Å². The van der Waals surface area contributed by atoms with Crippen LogP contribution >= 0.6 is 23.2 Å². The van der Waals surface area contributed by atoms with Crippen LogP contribution < -0.4 is 10.6 Å². The molecule has 4 aromatic carbocycles. The highest BCUT2D eigenvalue weighted by Crippen LogP contribution is 2.46. The van der Waals surface area contributed by atoms with Crippen molar-refractivity contribution in [2.75, 3.05) is 6.54 Å². The Hall–Kier alpha value is -4.78. The van der Waals surface area contributed by atoms with Crippen molar-refractivity contribution in [2.24, 2.45) is 10.8 Å². The minimum Gasteiger partial charge on any atom is -0.351 e. The smallest absolute Gasteiger partial charge is 0.252 e. The van der Waals surface area contributed by atoms with Gasteiger partial charge >= 0.3 is 0 Å². The second-order valence-electron chi connectivity index (χ2n) is 14.5. The third-order valence-corrected chi connectivity index (χ3v) is 10.3. The Bertz CT molecular complexity index is 2270. The number of nitrogens with one attached hydrogen (secondary N) is 2. The standard InChI is InChI=1S/C42H38Cl2N4O2/c1-41(2)22-26(46-40(50)32-21-38(30-15-5-9-17-34(30)44)48-36-19-11-7-13-28(32)36)23-42(3,24-41)25-45-39(49)31-20-37(29-14-4-8-16-33(29)43)47-35-18-10-6-12-27(31)35/h4-21,26H,22-25H2,1-3H3,(H,45,49)(H,46,50)/t26-,42+/m1/s1. The van der Waals surface area contributed by atoms with Gasteiger partial charge in [0.05, 0.1) is 33.5 Å². The number of benzene rings is 4. The van der Waals surface area contributed by atoms with Crippen molar-refractivity contribution in [2.45, 2.75) is 46.1 Å². The van der Waals surface area contributed by atoms with E-state index >= 15 is 0 Å². The Labute approximate surface area is 302 Å². The molecule has 252 valence electrons. The second kappa shape index (κ2) is 13.5. The summed E-state index contributed by atoms with van der Waals surface area (Å²) in [5.41, 5.74) is 5.07. The number of hydrogen-bond acceptors (Lipinski definition) is 4. The molecule has 1 aliphatic carbocycles. The zero-order chi connectivity index (χ0) is 35.0. The normalized spacial score (nSPS) is 18.5. The molecular weight excluding hydrogens is 663 g/mol. The molecule has 6 nitrogen and oxygen atoms in total. The predicted octanol–water partition coefficient (Wildman–Crippen LogP) is 10.2. The molecular formula is C42H38Cl2N4O2. The van der Waals surface area contributed by atoms with E-state index in [4.69, 9.17) is 33.2 Å². The average molecular weight is 702 g/mol. The van der Waals surface area contributed by atoms with Crippen LogP contribution in [-0.2, 0) is 0 Å². The van der Waals surface area contributed by atoms with Crippen molar-refractivity contribution < 1.29 is 9.59 Å². The van der Waals surface area contributed by atoms with Gasteiger partial charge in [-0.05, 0) is 66.5 Å². The molecule has 2 atom stereocenters. The number of amides is 2. The largest absolute Gasteiger partial charge is 0.351 e. The van der Waals surface area contributed by atoms with Crippen LogP contribution in [0.3, 0.4) is 0 Å². The van der Waals surface area contributed by atoms with Gasteiger partial charge in [-0.3, -0.25) is 9.59 Å². The first-order chi connectivity index (χ1) is 24.0. The fourth-order valence-corrected chi connectivity index (χ4v) is 8.33. The molecule has 0 unspecified atom stereocenters. The fraction of sp³-hybridized carbons (Fsp3) is 0.238.